The lowest BCUT2D eigenvalue weighted by Crippen LogP contribution is -2.42. The predicted molar refractivity (Wildman–Crippen MR) is 109 cm³/mol. The number of methoxy groups -OCH3 is 1. The molecular weight excluding hydrogens is 370 g/mol. The number of primary amides is 1. The van der Waals surface area contributed by atoms with Gasteiger partial charge in [-0.1, -0.05) is 19.1 Å². The van der Waals surface area contributed by atoms with Gasteiger partial charge in [-0.05, 0) is 29.7 Å². The number of ether oxygens (including phenoxy) is 2. The zero-order valence-corrected chi connectivity index (χ0v) is 16.8. The first kappa shape index (κ1) is 20.6. The van der Waals surface area contributed by atoms with Crippen molar-refractivity contribution in [3.63, 3.8) is 0 Å². The van der Waals surface area contributed by atoms with Gasteiger partial charge >= 0.3 is 0 Å². The van der Waals surface area contributed by atoms with Crippen LogP contribution in [0.2, 0.25) is 0 Å². The smallest absolute Gasteiger partial charge is 0.267 e. The molecule has 2 amide bonds. The number of likely N-dealkylation sites (tertiary alicyclic amines) is 1. The maximum Gasteiger partial charge on any atom is 0.267 e. The van der Waals surface area contributed by atoms with E-state index in [1.54, 1.807) is 19.2 Å². The quantitative estimate of drug-likeness (QED) is 0.775. The van der Waals surface area contributed by atoms with Gasteiger partial charge in [-0.2, -0.15) is 0 Å². The SMILES string of the molecule is COc1cccc([C@@H](C)CC(=O)N2CCC(Oc3ccnc(C(N)=O)c3)CC2)c1. The van der Waals surface area contributed by atoms with Gasteiger partial charge in [0.05, 0.1) is 7.11 Å². The molecule has 0 radical (unpaired) electrons. The maximum absolute atomic E-state index is 12.7. The van der Waals surface area contributed by atoms with E-state index in [2.05, 4.69) is 11.9 Å². The minimum Gasteiger partial charge on any atom is -0.497 e. The van der Waals surface area contributed by atoms with Gasteiger partial charge in [0, 0.05) is 44.6 Å². The lowest BCUT2D eigenvalue weighted by molar-refractivity contribution is -0.133. The monoisotopic (exact) mass is 397 g/mol. The molecule has 1 fully saturated rings. The highest BCUT2D eigenvalue weighted by Gasteiger charge is 2.25. The Morgan fingerprint density at radius 1 is 1.21 bits per heavy atom. The topological polar surface area (TPSA) is 94.8 Å². The Morgan fingerprint density at radius 3 is 2.66 bits per heavy atom. The van der Waals surface area contributed by atoms with Crippen LogP contribution in [0.25, 0.3) is 0 Å². The zero-order chi connectivity index (χ0) is 20.8. The second-order valence-corrected chi connectivity index (χ2v) is 7.32. The summed E-state index contributed by atoms with van der Waals surface area (Å²) in [6, 6.07) is 11.1. The van der Waals surface area contributed by atoms with Crippen molar-refractivity contribution in [3.05, 3.63) is 53.9 Å². The highest BCUT2D eigenvalue weighted by atomic mass is 16.5. The average Bonchev–Trinajstić information content (AvgIpc) is 2.74. The van der Waals surface area contributed by atoms with Crippen LogP contribution in [0.3, 0.4) is 0 Å². The van der Waals surface area contributed by atoms with Crippen LogP contribution in [0.15, 0.2) is 42.6 Å². The third-order valence-electron chi connectivity index (χ3n) is 5.22. The number of hydrogen-bond acceptors (Lipinski definition) is 5. The van der Waals surface area contributed by atoms with Gasteiger partial charge in [0.2, 0.25) is 5.91 Å². The molecule has 154 valence electrons. The van der Waals surface area contributed by atoms with E-state index < -0.39 is 5.91 Å². The third-order valence-corrected chi connectivity index (χ3v) is 5.22. The Bertz CT molecular complexity index is 863. The fourth-order valence-corrected chi connectivity index (χ4v) is 3.49. The minimum absolute atomic E-state index is 0.00187. The molecule has 0 aliphatic carbocycles. The average molecular weight is 397 g/mol. The van der Waals surface area contributed by atoms with Gasteiger partial charge in [0.15, 0.2) is 0 Å². The number of carbonyl (C=O) groups excluding carboxylic acids is 2. The zero-order valence-electron chi connectivity index (χ0n) is 16.8. The summed E-state index contributed by atoms with van der Waals surface area (Å²) in [5.74, 6) is 1.07. The van der Waals surface area contributed by atoms with Gasteiger partial charge in [0.25, 0.3) is 5.91 Å². The molecule has 1 atom stereocenters. The molecule has 3 rings (SSSR count). The maximum atomic E-state index is 12.7. The van der Waals surface area contributed by atoms with Gasteiger partial charge in [-0.15, -0.1) is 0 Å². The van der Waals surface area contributed by atoms with Crippen LogP contribution in [-0.4, -0.2) is 48.0 Å². The summed E-state index contributed by atoms with van der Waals surface area (Å²) in [5, 5.41) is 0. The van der Waals surface area contributed by atoms with Crippen LogP contribution in [0.1, 0.15) is 48.2 Å². The highest BCUT2D eigenvalue weighted by molar-refractivity contribution is 5.91. The number of nitrogens with zero attached hydrogens (tertiary/aromatic N) is 2. The summed E-state index contributed by atoms with van der Waals surface area (Å²) < 4.78 is 11.2. The number of hydrogen-bond donors (Lipinski definition) is 1. The van der Waals surface area contributed by atoms with E-state index in [-0.39, 0.29) is 23.6 Å². The summed E-state index contributed by atoms with van der Waals surface area (Å²) in [6.07, 6.45) is 3.46. The summed E-state index contributed by atoms with van der Waals surface area (Å²) in [7, 11) is 1.64. The fourth-order valence-electron chi connectivity index (χ4n) is 3.49. The van der Waals surface area contributed by atoms with Gasteiger partial charge in [0.1, 0.15) is 23.3 Å². The molecule has 1 aromatic carbocycles. The Morgan fingerprint density at radius 2 is 1.97 bits per heavy atom. The van der Waals surface area contributed by atoms with E-state index in [1.807, 2.05) is 29.2 Å². The normalized spacial score (nSPS) is 15.6. The molecule has 1 aliphatic heterocycles. The molecular formula is C22H27N3O4. The predicted octanol–water partition coefficient (Wildman–Crippen LogP) is 2.75. The minimum atomic E-state index is -0.582. The van der Waals surface area contributed by atoms with Crippen molar-refractivity contribution in [1.82, 2.24) is 9.88 Å². The summed E-state index contributed by atoms with van der Waals surface area (Å²) in [5.41, 5.74) is 6.54. The third kappa shape index (κ3) is 5.47. The molecule has 7 heteroatoms. The molecule has 0 bridgehead atoms. The summed E-state index contributed by atoms with van der Waals surface area (Å²) >= 11 is 0. The van der Waals surface area contributed by atoms with Crippen molar-refractivity contribution < 1.29 is 19.1 Å². The van der Waals surface area contributed by atoms with Crippen molar-refractivity contribution in [2.45, 2.75) is 38.2 Å². The first-order valence-corrected chi connectivity index (χ1v) is 9.80. The number of amides is 2. The highest BCUT2D eigenvalue weighted by Crippen LogP contribution is 2.25. The number of rotatable bonds is 7. The number of aromatic nitrogens is 1. The standard InChI is InChI=1S/C22H27N3O4/c1-15(16-4-3-5-18(13-16)28-2)12-21(26)25-10-7-17(8-11-25)29-19-6-9-24-20(14-19)22(23)27/h3-6,9,13-15,17H,7-8,10-12H2,1-2H3,(H2,23,27)/t15-/m0/s1. The molecule has 29 heavy (non-hydrogen) atoms. The largest absolute Gasteiger partial charge is 0.497 e. The molecule has 2 N–H and O–H groups in total. The molecule has 0 saturated carbocycles. The Kier molecular flexibility index (Phi) is 6.69. The van der Waals surface area contributed by atoms with Crippen molar-refractivity contribution >= 4 is 11.8 Å². The van der Waals surface area contributed by atoms with Gasteiger partial charge < -0.3 is 20.1 Å². The molecule has 1 saturated heterocycles. The Labute approximate surface area is 170 Å². The van der Waals surface area contributed by atoms with Crippen molar-refractivity contribution in [2.75, 3.05) is 20.2 Å². The molecule has 0 unspecified atom stereocenters. The van der Waals surface area contributed by atoms with E-state index in [1.165, 1.54) is 6.20 Å². The van der Waals surface area contributed by atoms with Crippen molar-refractivity contribution in [2.24, 2.45) is 5.73 Å². The van der Waals surface area contributed by atoms with Crippen molar-refractivity contribution in [1.29, 1.82) is 0 Å². The van der Waals surface area contributed by atoms with Crippen LogP contribution in [0.5, 0.6) is 11.5 Å². The molecule has 0 spiro atoms. The Hall–Kier alpha value is -3.09. The van der Waals surface area contributed by atoms with Crippen LogP contribution >= 0.6 is 0 Å². The first-order valence-electron chi connectivity index (χ1n) is 9.80. The lowest BCUT2D eigenvalue weighted by Gasteiger charge is -2.33. The van der Waals surface area contributed by atoms with Crippen LogP contribution in [0, 0.1) is 0 Å². The second kappa shape index (κ2) is 9.41. The van der Waals surface area contributed by atoms with Gasteiger partial charge in [-0.25, -0.2) is 0 Å². The summed E-state index contributed by atoms with van der Waals surface area (Å²) in [4.78, 5) is 29.8. The summed E-state index contributed by atoms with van der Waals surface area (Å²) in [6.45, 7) is 3.37. The van der Waals surface area contributed by atoms with Crippen molar-refractivity contribution in [3.8, 4) is 11.5 Å². The van der Waals surface area contributed by atoms with E-state index in [0.717, 1.165) is 24.2 Å². The number of benzene rings is 1. The first-order chi connectivity index (χ1) is 14.0. The number of nitrogens with two attached hydrogens (primary N) is 1. The van der Waals surface area contributed by atoms with E-state index in [4.69, 9.17) is 15.2 Å². The lowest BCUT2D eigenvalue weighted by atomic mass is 9.96. The molecule has 1 aliphatic rings. The van der Waals surface area contributed by atoms with Crippen LogP contribution in [-0.2, 0) is 4.79 Å². The molecule has 2 aromatic rings. The molecule has 7 nitrogen and oxygen atoms in total. The number of piperidine rings is 1. The number of carbonyl (C=O) groups is 2. The molecule has 1 aromatic heterocycles. The van der Waals surface area contributed by atoms with Crippen LogP contribution in [0.4, 0.5) is 0 Å². The number of pyridine rings is 1. The van der Waals surface area contributed by atoms with E-state index in [9.17, 15) is 9.59 Å². The Balaban J connectivity index is 1.50. The van der Waals surface area contributed by atoms with Gasteiger partial charge in [-0.3, -0.25) is 14.6 Å². The molecule has 2 heterocycles. The van der Waals surface area contributed by atoms with E-state index >= 15 is 0 Å². The van der Waals surface area contributed by atoms with E-state index in [0.29, 0.717) is 25.3 Å². The second-order valence-electron chi connectivity index (χ2n) is 7.32. The fraction of sp³-hybridized carbons (Fsp3) is 0.409. The van der Waals surface area contributed by atoms with Crippen LogP contribution < -0.4 is 15.2 Å².